The molecule has 1 saturated heterocycles. The van der Waals surface area contributed by atoms with Crippen molar-refractivity contribution in [3.05, 3.63) is 12.1 Å². The van der Waals surface area contributed by atoms with Crippen molar-refractivity contribution in [2.24, 2.45) is 0 Å². The molecule has 114 valence electrons. The van der Waals surface area contributed by atoms with Gasteiger partial charge in [-0.05, 0) is 32.8 Å². The number of ether oxygens (including phenoxy) is 2. The monoisotopic (exact) mass is 291 g/mol. The van der Waals surface area contributed by atoms with E-state index < -0.39 is 0 Å². The molecule has 1 aromatic carbocycles. The number of rotatable bonds is 2. The first kappa shape index (κ1) is 14.0. The molecular weight excluding hydrogens is 270 g/mol. The van der Waals surface area contributed by atoms with Gasteiger partial charge in [-0.2, -0.15) is 0 Å². The van der Waals surface area contributed by atoms with Crippen LogP contribution in [0.25, 0.3) is 0 Å². The second-order valence-corrected chi connectivity index (χ2v) is 6.21. The lowest BCUT2D eigenvalue weighted by Crippen LogP contribution is -2.40. The fourth-order valence-corrected chi connectivity index (χ4v) is 2.84. The summed E-state index contributed by atoms with van der Waals surface area (Å²) in [5, 5.41) is 6.25. The van der Waals surface area contributed by atoms with Gasteiger partial charge in [0.05, 0.1) is 22.7 Å². The topological polar surface area (TPSA) is 85.6 Å². The number of carbonyl (C=O) groups excluding carboxylic acids is 1. The fraction of sp³-hybridized carbons (Fsp3) is 0.533. The van der Waals surface area contributed by atoms with Crippen molar-refractivity contribution in [2.45, 2.75) is 38.3 Å². The number of nitrogen functional groups attached to an aromatic ring is 1. The highest BCUT2D eigenvalue weighted by Crippen LogP contribution is 2.36. The highest BCUT2D eigenvalue weighted by Gasteiger charge is 2.29. The van der Waals surface area contributed by atoms with Crippen LogP contribution in [0.4, 0.5) is 17.1 Å². The zero-order chi connectivity index (χ0) is 15.0. The Balaban J connectivity index is 1.79. The summed E-state index contributed by atoms with van der Waals surface area (Å²) in [7, 11) is 0. The number of benzene rings is 1. The Morgan fingerprint density at radius 1 is 1.43 bits per heavy atom. The molecule has 0 saturated carbocycles. The molecule has 0 spiro atoms. The molecule has 4 N–H and O–H groups in total. The average molecular weight is 291 g/mol. The molecule has 0 aromatic heterocycles. The minimum Gasteiger partial charge on any atom is -0.482 e. The molecule has 1 unspecified atom stereocenters. The standard InChI is InChI=1S/C15H21N3O3/c1-15(2)7-9(3-4-21-15)17-11-6-12-13(5-10(11)16)20-8-14(19)18-12/h5-6,9,17H,3-4,7-8,16H2,1-2H3,(H,18,19). The number of hydrogen-bond donors (Lipinski definition) is 3. The third kappa shape index (κ3) is 3.05. The maximum atomic E-state index is 11.4. The maximum Gasteiger partial charge on any atom is 0.262 e. The van der Waals surface area contributed by atoms with Gasteiger partial charge in [-0.1, -0.05) is 0 Å². The average Bonchev–Trinajstić information content (AvgIpc) is 2.39. The lowest BCUT2D eigenvalue weighted by Gasteiger charge is -2.36. The van der Waals surface area contributed by atoms with Gasteiger partial charge >= 0.3 is 0 Å². The van der Waals surface area contributed by atoms with Crippen molar-refractivity contribution in [3.8, 4) is 5.75 Å². The van der Waals surface area contributed by atoms with E-state index in [0.717, 1.165) is 25.1 Å². The van der Waals surface area contributed by atoms with Gasteiger partial charge in [0.1, 0.15) is 5.75 Å². The van der Waals surface area contributed by atoms with Crippen molar-refractivity contribution in [1.29, 1.82) is 0 Å². The first-order valence-corrected chi connectivity index (χ1v) is 7.20. The number of anilines is 3. The van der Waals surface area contributed by atoms with E-state index in [-0.39, 0.29) is 18.1 Å². The largest absolute Gasteiger partial charge is 0.482 e. The summed E-state index contributed by atoms with van der Waals surface area (Å²) in [5.41, 5.74) is 8.05. The number of fused-ring (bicyclic) bond motifs is 1. The normalized spacial score (nSPS) is 23.7. The lowest BCUT2D eigenvalue weighted by atomic mass is 9.93. The Morgan fingerprint density at radius 3 is 3.00 bits per heavy atom. The van der Waals surface area contributed by atoms with Crippen molar-refractivity contribution in [1.82, 2.24) is 0 Å². The molecule has 2 aliphatic heterocycles. The quantitative estimate of drug-likeness (QED) is 0.725. The maximum absolute atomic E-state index is 11.4. The van der Waals surface area contributed by atoms with Gasteiger partial charge in [-0.25, -0.2) is 0 Å². The highest BCUT2D eigenvalue weighted by molar-refractivity contribution is 5.97. The summed E-state index contributed by atoms with van der Waals surface area (Å²) in [5.74, 6) is 0.468. The molecule has 21 heavy (non-hydrogen) atoms. The van der Waals surface area contributed by atoms with Crippen LogP contribution in [0.3, 0.4) is 0 Å². The van der Waals surface area contributed by atoms with Crippen LogP contribution < -0.4 is 21.1 Å². The van der Waals surface area contributed by atoms with E-state index in [2.05, 4.69) is 24.5 Å². The van der Waals surface area contributed by atoms with Crippen molar-refractivity contribution in [3.63, 3.8) is 0 Å². The predicted molar refractivity (Wildman–Crippen MR) is 81.7 cm³/mol. The minimum absolute atomic E-state index is 0.0351. The lowest BCUT2D eigenvalue weighted by molar-refractivity contribution is -0.118. The molecule has 6 nitrogen and oxygen atoms in total. The van der Waals surface area contributed by atoms with Crippen LogP contribution in [-0.4, -0.2) is 30.8 Å². The van der Waals surface area contributed by atoms with Gasteiger partial charge in [0.15, 0.2) is 6.61 Å². The van der Waals surface area contributed by atoms with Crippen molar-refractivity contribution < 1.29 is 14.3 Å². The van der Waals surface area contributed by atoms with Crippen LogP contribution >= 0.6 is 0 Å². The smallest absolute Gasteiger partial charge is 0.262 e. The summed E-state index contributed by atoms with van der Waals surface area (Å²) in [4.78, 5) is 11.4. The molecule has 1 fully saturated rings. The molecule has 1 aromatic rings. The molecule has 2 aliphatic rings. The summed E-state index contributed by atoms with van der Waals surface area (Å²) in [6.45, 7) is 4.94. The third-order valence-corrected chi connectivity index (χ3v) is 3.84. The Kier molecular flexibility index (Phi) is 3.41. The first-order chi connectivity index (χ1) is 9.93. The number of hydrogen-bond acceptors (Lipinski definition) is 5. The molecule has 0 aliphatic carbocycles. The van der Waals surface area contributed by atoms with E-state index in [1.807, 2.05) is 6.07 Å². The van der Waals surface area contributed by atoms with Crippen LogP contribution in [-0.2, 0) is 9.53 Å². The second-order valence-electron chi connectivity index (χ2n) is 6.21. The van der Waals surface area contributed by atoms with Crippen molar-refractivity contribution in [2.75, 3.05) is 29.6 Å². The molecule has 3 rings (SSSR count). The van der Waals surface area contributed by atoms with Gasteiger partial charge < -0.3 is 25.8 Å². The molecular formula is C15H21N3O3. The van der Waals surface area contributed by atoms with E-state index in [4.69, 9.17) is 15.2 Å². The predicted octanol–water partition coefficient (Wildman–Crippen LogP) is 1.97. The summed E-state index contributed by atoms with van der Waals surface area (Å²) >= 11 is 0. The van der Waals surface area contributed by atoms with Gasteiger partial charge in [0.2, 0.25) is 0 Å². The molecule has 6 heteroatoms. The molecule has 2 heterocycles. The Hall–Kier alpha value is -1.95. The van der Waals surface area contributed by atoms with E-state index in [1.54, 1.807) is 6.07 Å². The van der Waals surface area contributed by atoms with Crippen molar-refractivity contribution >= 4 is 23.0 Å². The van der Waals surface area contributed by atoms with E-state index >= 15 is 0 Å². The Morgan fingerprint density at radius 2 is 2.24 bits per heavy atom. The highest BCUT2D eigenvalue weighted by atomic mass is 16.5. The number of amides is 1. The fourth-order valence-electron chi connectivity index (χ4n) is 2.84. The summed E-state index contributed by atoms with van der Waals surface area (Å²) in [6.07, 6.45) is 1.84. The van der Waals surface area contributed by atoms with E-state index in [1.165, 1.54) is 0 Å². The molecule has 0 radical (unpaired) electrons. The number of nitrogens with two attached hydrogens (primary N) is 1. The summed E-state index contributed by atoms with van der Waals surface area (Å²) < 4.78 is 11.1. The van der Waals surface area contributed by atoms with Gasteiger partial charge in [-0.15, -0.1) is 0 Å². The summed E-state index contributed by atoms with van der Waals surface area (Å²) in [6, 6.07) is 3.89. The van der Waals surface area contributed by atoms with Crippen LogP contribution in [0, 0.1) is 0 Å². The third-order valence-electron chi connectivity index (χ3n) is 3.84. The number of carbonyl (C=O) groups is 1. The Labute approximate surface area is 124 Å². The second kappa shape index (κ2) is 5.11. The SMILES string of the molecule is CC1(C)CC(Nc2cc3c(cc2N)OCC(=O)N3)CCO1. The number of nitrogens with one attached hydrogen (secondary N) is 2. The van der Waals surface area contributed by atoms with Gasteiger partial charge in [0, 0.05) is 18.7 Å². The first-order valence-electron chi connectivity index (χ1n) is 7.20. The minimum atomic E-state index is -0.148. The van der Waals surface area contributed by atoms with Gasteiger partial charge in [-0.3, -0.25) is 4.79 Å². The van der Waals surface area contributed by atoms with Crippen LogP contribution in [0.2, 0.25) is 0 Å². The van der Waals surface area contributed by atoms with Crippen LogP contribution in [0.1, 0.15) is 26.7 Å². The van der Waals surface area contributed by atoms with Gasteiger partial charge in [0.25, 0.3) is 5.91 Å². The molecule has 1 amide bonds. The zero-order valence-electron chi connectivity index (χ0n) is 12.4. The van der Waals surface area contributed by atoms with Crippen LogP contribution in [0.5, 0.6) is 5.75 Å². The molecule has 1 atom stereocenters. The van der Waals surface area contributed by atoms with Crippen LogP contribution in [0.15, 0.2) is 12.1 Å². The zero-order valence-corrected chi connectivity index (χ0v) is 12.4. The molecule has 0 bridgehead atoms. The Bertz CT molecular complexity index is 572. The van der Waals surface area contributed by atoms with E-state index in [0.29, 0.717) is 23.2 Å². The van der Waals surface area contributed by atoms with E-state index in [9.17, 15) is 4.79 Å².